The fourth-order valence-corrected chi connectivity index (χ4v) is 0.878. The number of carboxylic acid groups (broad SMARTS) is 1. The van der Waals surface area contributed by atoms with E-state index in [1.54, 1.807) is 13.8 Å². The van der Waals surface area contributed by atoms with Crippen molar-refractivity contribution < 1.29 is 15.0 Å². The third-order valence-corrected chi connectivity index (χ3v) is 1.62. The summed E-state index contributed by atoms with van der Waals surface area (Å²) in [5.41, 5.74) is 4.54. The van der Waals surface area contributed by atoms with E-state index in [4.69, 9.17) is 10.8 Å². The van der Waals surface area contributed by atoms with Crippen molar-refractivity contribution in [2.75, 3.05) is 0 Å². The molecule has 0 aromatic rings. The van der Waals surface area contributed by atoms with Crippen molar-refractivity contribution in [2.24, 2.45) is 5.73 Å². The van der Waals surface area contributed by atoms with Crippen LogP contribution in [0.5, 0.6) is 0 Å². The zero-order valence-corrected chi connectivity index (χ0v) is 8.80. The zero-order valence-electron chi connectivity index (χ0n) is 7.99. The third kappa shape index (κ3) is 9.60. The zero-order chi connectivity index (χ0) is 9.78. The Labute approximate surface area is 84.5 Å². The van der Waals surface area contributed by atoms with E-state index in [2.05, 4.69) is 0 Å². The van der Waals surface area contributed by atoms with Crippen LogP contribution in [0.15, 0.2) is 0 Å². The quantitative estimate of drug-likeness (QED) is 0.627. The Morgan fingerprint density at radius 1 is 1.54 bits per heavy atom. The van der Waals surface area contributed by atoms with Crippen LogP contribution in [0.4, 0.5) is 0 Å². The van der Waals surface area contributed by atoms with E-state index in [-0.39, 0.29) is 12.4 Å². The highest BCUT2D eigenvalue weighted by atomic mass is 35.5. The molecule has 1 atom stereocenters. The number of nitrogens with two attached hydrogens (primary N) is 1. The van der Waals surface area contributed by atoms with Crippen LogP contribution in [0.2, 0.25) is 0 Å². The van der Waals surface area contributed by atoms with Crippen LogP contribution in [0.3, 0.4) is 0 Å². The summed E-state index contributed by atoms with van der Waals surface area (Å²) in [6, 6.07) is -0.799. The Bertz CT molecular complexity index is 156. The average molecular weight is 212 g/mol. The van der Waals surface area contributed by atoms with Crippen LogP contribution in [-0.2, 0) is 4.79 Å². The molecule has 5 heteroatoms. The van der Waals surface area contributed by atoms with Crippen LogP contribution in [0.1, 0.15) is 33.1 Å². The smallest absolute Gasteiger partial charge is 0.320 e. The first-order valence-corrected chi connectivity index (χ1v) is 4.04. The van der Waals surface area contributed by atoms with Crippen LogP contribution in [0.25, 0.3) is 0 Å². The van der Waals surface area contributed by atoms with Gasteiger partial charge in [-0.3, -0.25) is 4.79 Å². The van der Waals surface area contributed by atoms with Gasteiger partial charge in [-0.05, 0) is 33.1 Å². The van der Waals surface area contributed by atoms with E-state index in [1.807, 2.05) is 0 Å². The van der Waals surface area contributed by atoms with E-state index >= 15 is 0 Å². The topological polar surface area (TPSA) is 83.5 Å². The first kappa shape index (κ1) is 15.2. The van der Waals surface area contributed by atoms with Gasteiger partial charge in [0.05, 0.1) is 5.60 Å². The summed E-state index contributed by atoms with van der Waals surface area (Å²) in [5.74, 6) is -0.981. The summed E-state index contributed by atoms with van der Waals surface area (Å²) in [6.07, 6.45) is 1.63. The van der Waals surface area contributed by atoms with E-state index in [0.717, 1.165) is 0 Å². The van der Waals surface area contributed by atoms with E-state index < -0.39 is 17.6 Å². The number of hydrogen-bond donors (Lipinski definition) is 3. The van der Waals surface area contributed by atoms with Crippen molar-refractivity contribution in [3.05, 3.63) is 0 Å². The fourth-order valence-electron chi connectivity index (χ4n) is 0.878. The van der Waals surface area contributed by atoms with Gasteiger partial charge in [-0.2, -0.15) is 0 Å². The fraction of sp³-hybridized carbons (Fsp3) is 0.875. The van der Waals surface area contributed by atoms with Gasteiger partial charge in [0.2, 0.25) is 0 Å². The number of hydrogen-bond acceptors (Lipinski definition) is 3. The molecule has 0 aliphatic carbocycles. The summed E-state index contributed by atoms with van der Waals surface area (Å²) in [4.78, 5) is 10.3. The lowest BCUT2D eigenvalue weighted by atomic mass is 10.00. The Morgan fingerprint density at radius 3 is 2.31 bits per heavy atom. The van der Waals surface area contributed by atoms with E-state index in [9.17, 15) is 9.90 Å². The van der Waals surface area contributed by atoms with Crippen LogP contribution in [0, 0.1) is 0 Å². The van der Waals surface area contributed by atoms with Crippen molar-refractivity contribution in [1.82, 2.24) is 0 Å². The van der Waals surface area contributed by atoms with Crippen molar-refractivity contribution in [2.45, 2.75) is 44.8 Å². The molecule has 0 spiro atoms. The molecule has 0 heterocycles. The molecule has 0 unspecified atom stereocenters. The molecule has 4 N–H and O–H groups in total. The molecular weight excluding hydrogens is 194 g/mol. The third-order valence-electron chi connectivity index (χ3n) is 1.62. The predicted octanol–water partition coefficient (Wildman–Crippen LogP) is 0.761. The van der Waals surface area contributed by atoms with Crippen LogP contribution in [-0.4, -0.2) is 27.8 Å². The molecule has 0 radical (unpaired) electrons. The van der Waals surface area contributed by atoms with Gasteiger partial charge in [-0.25, -0.2) is 0 Å². The number of carboxylic acids is 1. The summed E-state index contributed by atoms with van der Waals surface area (Å²) in [6.45, 7) is 3.39. The Balaban J connectivity index is 0. The highest BCUT2D eigenvalue weighted by molar-refractivity contribution is 5.85. The van der Waals surface area contributed by atoms with Crippen LogP contribution >= 0.6 is 12.4 Å². The first-order valence-electron chi connectivity index (χ1n) is 4.04. The maximum absolute atomic E-state index is 10.3. The molecular formula is C8H18ClNO3. The monoisotopic (exact) mass is 211 g/mol. The largest absolute Gasteiger partial charge is 0.480 e. The maximum atomic E-state index is 10.3. The molecule has 80 valence electrons. The van der Waals surface area contributed by atoms with Gasteiger partial charge in [0.1, 0.15) is 6.04 Å². The minimum atomic E-state index is -0.981. The molecule has 0 saturated heterocycles. The molecule has 0 saturated carbocycles. The lowest BCUT2D eigenvalue weighted by Gasteiger charge is -2.17. The van der Waals surface area contributed by atoms with Crippen molar-refractivity contribution in [1.29, 1.82) is 0 Å². The van der Waals surface area contributed by atoms with Gasteiger partial charge in [0.15, 0.2) is 0 Å². The average Bonchev–Trinajstić information content (AvgIpc) is 1.84. The SMILES string of the molecule is CC(C)(O)CCC[C@H](N)C(=O)O.Cl. The lowest BCUT2D eigenvalue weighted by molar-refractivity contribution is -0.138. The number of halogens is 1. The van der Waals surface area contributed by atoms with Crippen LogP contribution < -0.4 is 5.73 Å². The second kappa shape index (κ2) is 6.18. The highest BCUT2D eigenvalue weighted by Crippen LogP contribution is 2.12. The molecule has 0 amide bonds. The standard InChI is InChI=1S/C8H17NO3.ClH/c1-8(2,12)5-3-4-6(9)7(10)11;/h6,12H,3-5,9H2,1-2H3,(H,10,11);1H/t6-;/m0./s1. The van der Waals surface area contributed by atoms with E-state index in [0.29, 0.717) is 19.3 Å². The van der Waals surface area contributed by atoms with Gasteiger partial charge in [0.25, 0.3) is 0 Å². The van der Waals surface area contributed by atoms with Gasteiger partial charge in [-0.1, -0.05) is 0 Å². The molecule has 0 bridgehead atoms. The molecule has 0 aliphatic heterocycles. The molecule has 4 nitrogen and oxygen atoms in total. The molecule has 0 fully saturated rings. The van der Waals surface area contributed by atoms with Gasteiger partial charge in [-0.15, -0.1) is 12.4 Å². The lowest BCUT2D eigenvalue weighted by Crippen LogP contribution is -2.30. The Morgan fingerprint density at radius 2 is 2.00 bits per heavy atom. The number of carbonyl (C=O) groups is 1. The van der Waals surface area contributed by atoms with E-state index in [1.165, 1.54) is 0 Å². The summed E-state index contributed by atoms with van der Waals surface area (Å²) < 4.78 is 0. The second-order valence-corrected chi connectivity index (χ2v) is 3.65. The van der Waals surface area contributed by atoms with Crippen molar-refractivity contribution in [3.8, 4) is 0 Å². The van der Waals surface area contributed by atoms with Gasteiger partial charge >= 0.3 is 5.97 Å². The number of aliphatic hydroxyl groups is 1. The normalized spacial score (nSPS) is 13.2. The predicted molar refractivity (Wildman–Crippen MR) is 53.0 cm³/mol. The molecule has 0 aliphatic rings. The molecule has 0 aromatic heterocycles. The Hall–Kier alpha value is -0.320. The summed E-state index contributed by atoms with van der Waals surface area (Å²) in [5, 5.41) is 17.7. The Kier molecular flexibility index (Phi) is 7.21. The second-order valence-electron chi connectivity index (χ2n) is 3.65. The highest BCUT2D eigenvalue weighted by Gasteiger charge is 2.15. The van der Waals surface area contributed by atoms with Crippen molar-refractivity contribution >= 4 is 18.4 Å². The molecule has 0 aromatic carbocycles. The van der Waals surface area contributed by atoms with Gasteiger partial charge < -0.3 is 15.9 Å². The summed E-state index contributed by atoms with van der Waals surface area (Å²) >= 11 is 0. The number of rotatable bonds is 5. The van der Waals surface area contributed by atoms with Gasteiger partial charge in [0, 0.05) is 0 Å². The molecule has 0 rings (SSSR count). The first-order chi connectivity index (χ1) is 5.33. The van der Waals surface area contributed by atoms with Crippen molar-refractivity contribution in [3.63, 3.8) is 0 Å². The minimum absolute atomic E-state index is 0. The number of aliphatic carboxylic acids is 1. The minimum Gasteiger partial charge on any atom is -0.480 e. The summed E-state index contributed by atoms with van der Waals surface area (Å²) in [7, 11) is 0. The maximum Gasteiger partial charge on any atom is 0.320 e. The molecule has 13 heavy (non-hydrogen) atoms.